The Bertz CT molecular complexity index is 2160. The standard InChI is InChI=1S/C34H25Cl5F2N2O6S2/c35-24-10-22(18-42(16-20-1-5-27(40)6-2-20)50(46,47)31-14-25(36)12-29(38)33(31)44)9-23(11-24)19-43(17-21-3-7-28(41)8-4-21)51(48,49)32-15-26(37)13-30(39)34(32)45/h1-15,44-45H,16-19H2. The molecule has 5 aromatic carbocycles. The number of benzene rings is 5. The van der Waals surface area contributed by atoms with E-state index in [2.05, 4.69) is 0 Å². The lowest BCUT2D eigenvalue weighted by Crippen LogP contribution is -2.31. The van der Waals surface area contributed by atoms with Crippen molar-refractivity contribution >= 4 is 78.1 Å². The van der Waals surface area contributed by atoms with Crippen LogP contribution in [0.3, 0.4) is 0 Å². The molecular weight excluding hydrogens is 812 g/mol. The van der Waals surface area contributed by atoms with Crippen molar-refractivity contribution in [3.8, 4) is 11.5 Å². The lowest BCUT2D eigenvalue weighted by molar-refractivity contribution is 0.390. The zero-order valence-corrected chi connectivity index (χ0v) is 31.3. The molecule has 0 radical (unpaired) electrons. The highest BCUT2D eigenvalue weighted by atomic mass is 35.5. The largest absolute Gasteiger partial charge is 0.505 e. The number of halogens is 7. The van der Waals surface area contributed by atoms with Gasteiger partial charge in [-0.2, -0.15) is 8.61 Å². The zero-order chi connectivity index (χ0) is 37.2. The van der Waals surface area contributed by atoms with Crippen LogP contribution in [-0.4, -0.2) is 35.7 Å². The zero-order valence-electron chi connectivity index (χ0n) is 25.9. The molecule has 51 heavy (non-hydrogen) atoms. The molecule has 0 amide bonds. The van der Waals surface area contributed by atoms with Gasteiger partial charge in [-0.05, 0) is 82.9 Å². The van der Waals surface area contributed by atoms with Crippen molar-refractivity contribution in [2.24, 2.45) is 0 Å². The molecule has 0 aliphatic carbocycles. The maximum absolute atomic E-state index is 14.1. The van der Waals surface area contributed by atoms with Gasteiger partial charge in [0.05, 0.1) is 10.0 Å². The maximum atomic E-state index is 14.1. The van der Waals surface area contributed by atoms with Gasteiger partial charge in [-0.15, -0.1) is 0 Å². The van der Waals surface area contributed by atoms with E-state index in [1.807, 2.05) is 0 Å². The van der Waals surface area contributed by atoms with E-state index in [4.69, 9.17) is 58.0 Å². The second-order valence-electron chi connectivity index (χ2n) is 11.2. The number of phenols is 2. The molecule has 0 saturated carbocycles. The Morgan fingerprint density at radius 1 is 0.471 bits per heavy atom. The number of phenolic OH excluding ortho intramolecular Hbond substituents is 2. The van der Waals surface area contributed by atoms with E-state index >= 15 is 0 Å². The molecule has 0 unspecified atom stereocenters. The molecule has 5 rings (SSSR count). The first-order valence-electron chi connectivity index (χ1n) is 14.6. The van der Waals surface area contributed by atoms with E-state index in [9.17, 15) is 35.8 Å². The van der Waals surface area contributed by atoms with Gasteiger partial charge < -0.3 is 10.2 Å². The molecule has 17 heteroatoms. The Morgan fingerprint density at radius 3 is 1.14 bits per heavy atom. The Hall–Kier alpha value is -3.17. The number of nitrogens with zero attached hydrogens (tertiary/aromatic N) is 2. The van der Waals surface area contributed by atoms with Crippen molar-refractivity contribution in [3.05, 3.63) is 150 Å². The quantitative estimate of drug-likeness (QED) is 0.130. The van der Waals surface area contributed by atoms with Crippen molar-refractivity contribution in [3.63, 3.8) is 0 Å². The predicted octanol–water partition coefficient (Wildman–Crippen LogP) is 9.43. The van der Waals surface area contributed by atoms with E-state index in [0.717, 1.165) is 45.0 Å². The number of sulfonamides is 2. The van der Waals surface area contributed by atoms with Gasteiger partial charge in [0.25, 0.3) is 0 Å². The molecule has 0 atom stereocenters. The average molecular weight is 837 g/mol. The number of hydrogen-bond acceptors (Lipinski definition) is 6. The minimum absolute atomic E-state index is 0.0577. The van der Waals surface area contributed by atoms with Gasteiger partial charge in [0.15, 0.2) is 11.5 Å². The summed E-state index contributed by atoms with van der Waals surface area (Å²) in [6, 6.07) is 19.1. The lowest BCUT2D eigenvalue weighted by atomic mass is 10.1. The second kappa shape index (κ2) is 15.8. The van der Waals surface area contributed by atoms with Crippen LogP contribution in [0.25, 0.3) is 0 Å². The van der Waals surface area contributed by atoms with Gasteiger partial charge in [-0.3, -0.25) is 0 Å². The summed E-state index contributed by atoms with van der Waals surface area (Å²) in [6.07, 6.45) is 0. The van der Waals surface area contributed by atoms with Gasteiger partial charge in [-0.1, -0.05) is 88.3 Å². The summed E-state index contributed by atoms with van der Waals surface area (Å²) in [5.74, 6) is -2.55. The fourth-order valence-corrected chi connectivity index (χ4v) is 9.70. The summed E-state index contributed by atoms with van der Waals surface area (Å²) in [7, 11) is -9.12. The molecule has 5 aromatic rings. The summed E-state index contributed by atoms with van der Waals surface area (Å²) in [5.41, 5.74) is 1.38. The Labute approximate surface area is 318 Å². The Balaban J connectivity index is 1.57. The predicted molar refractivity (Wildman–Crippen MR) is 193 cm³/mol. The van der Waals surface area contributed by atoms with Gasteiger partial charge in [0.1, 0.15) is 21.4 Å². The molecule has 2 N–H and O–H groups in total. The van der Waals surface area contributed by atoms with Gasteiger partial charge >= 0.3 is 0 Å². The van der Waals surface area contributed by atoms with Crippen LogP contribution >= 0.6 is 58.0 Å². The molecule has 0 aromatic heterocycles. The number of hydrogen-bond donors (Lipinski definition) is 2. The highest BCUT2D eigenvalue weighted by Gasteiger charge is 2.32. The van der Waals surface area contributed by atoms with Gasteiger partial charge in [0.2, 0.25) is 20.0 Å². The van der Waals surface area contributed by atoms with Crippen molar-refractivity contribution in [1.29, 1.82) is 0 Å². The second-order valence-corrected chi connectivity index (χ2v) is 17.2. The van der Waals surface area contributed by atoms with E-state index in [-0.39, 0.29) is 51.3 Å². The molecule has 0 aliphatic rings. The Kier molecular flexibility index (Phi) is 12.1. The van der Waals surface area contributed by atoms with Crippen LogP contribution in [0.2, 0.25) is 25.1 Å². The normalized spacial score (nSPS) is 12.2. The van der Waals surface area contributed by atoms with E-state index in [0.29, 0.717) is 22.3 Å². The third kappa shape index (κ3) is 9.26. The molecule has 268 valence electrons. The van der Waals surface area contributed by atoms with Crippen LogP contribution in [0.1, 0.15) is 22.3 Å². The van der Waals surface area contributed by atoms with Crippen LogP contribution in [0.4, 0.5) is 8.78 Å². The Morgan fingerprint density at radius 2 is 0.784 bits per heavy atom. The minimum Gasteiger partial charge on any atom is -0.505 e. The van der Waals surface area contributed by atoms with Gasteiger partial charge in [0, 0.05) is 41.2 Å². The highest BCUT2D eigenvalue weighted by molar-refractivity contribution is 7.89. The molecule has 0 spiro atoms. The van der Waals surface area contributed by atoms with Crippen LogP contribution in [0.5, 0.6) is 11.5 Å². The van der Waals surface area contributed by atoms with E-state index < -0.39 is 53.0 Å². The van der Waals surface area contributed by atoms with Crippen molar-refractivity contribution in [2.45, 2.75) is 36.0 Å². The first kappa shape index (κ1) is 39.0. The molecule has 0 aliphatic heterocycles. The summed E-state index contributed by atoms with van der Waals surface area (Å²) in [5, 5.41) is 20.7. The third-order valence-corrected chi connectivity index (χ3v) is 12.3. The average Bonchev–Trinajstić information content (AvgIpc) is 3.05. The summed E-state index contributed by atoms with van der Waals surface area (Å²) >= 11 is 30.8. The molecule has 0 heterocycles. The van der Waals surface area contributed by atoms with Crippen LogP contribution in [0, 0.1) is 11.6 Å². The van der Waals surface area contributed by atoms with E-state index in [1.165, 1.54) is 54.6 Å². The molecule has 0 saturated heterocycles. The summed E-state index contributed by atoms with van der Waals surface area (Å²) in [6.45, 7) is -1.33. The first-order valence-corrected chi connectivity index (χ1v) is 19.3. The number of aromatic hydroxyl groups is 2. The van der Waals surface area contributed by atoms with E-state index in [1.54, 1.807) is 0 Å². The fraction of sp³-hybridized carbons (Fsp3) is 0.118. The minimum atomic E-state index is -4.56. The first-order chi connectivity index (χ1) is 23.9. The summed E-state index contributed by atoms with van der Waals surface area (Å²) in [4.78, 5) is -1.16. The van der Waals surface area contributed by atoms with Crippen molar-refractivity contribution in [1.82, 2.24) is 8.61 Å². The lowest BCUT2D eigenvalue weighted by Gasteiger charge is -2.25. The third-order valence-electron chi connectivity index (χ3n) is 7.50. The topological polar surface area (TPSA) is 115 Å². The monoisotopic (exact) mass is 834 g/mol. The van der Waals surface area contributed by atoms with Crippen LogP contribution < -0.4 is 0 Å². The van der Waals surface area contributed by atoms with Gasteiger partial charge in [-0.25, -0.2) is 25.6 Å². The molecular formula is C34H25Cl5F2N2O6S2. The van der Waals surface area contributed by atoms with Crippen molar-refractivity contribution < 1.29 is 35.8 Å². The van der Waals surface area contributed by atoms with Crippen LogP contribution in [0.15, 0.2) is 101 Å². The van der Waals surface area contributed by atoms with Crippen LogP contribution in [-0.2, 0) is 46.2 Å². The van der Waals surface area contributed by atoms with Crippen molar-refractivity contribution in [2.75, 3.05) is 0 Å². The maximum Gasteiger partial charge on any atom is 0.247 e. The SMILES string of the molecule is O=S(=O)(c1cc(Cl)cc(Cl)c1O)N(Cc1ccc(F)cc1)Cc1cc(Cl)cc(CN(Cc2ccc(F)cc2)S(=O)(=O)c2cc(Cl)cc(Cl)c2O)c1. The summed E-state index contributed by atoms with van der Waals surface area (Å²) < 4.78 is 85.7. The molecule has 8 nitrogen and oxygen atoms in total. The highest BCUT2D eigenvalue weighted by Crippen LogP contribution is 2.38. The number of rotatable bonds is 12. The molecule has 0 bridgehead atoms. The smallest absolute Gasteiger partial charge is 0.247 e. The fourth-order valence-electron chi connectivity index (χ4n) is 5.10. The molecule has 0 fully saturated rings.